The van der Waals surface area contributed by atoms with E-state index in [0.717, 1.165) is 0 Å². The van der Waals surface area contributed by atoms with Crippen LogP contribution in [0.15, 0.2) is 0 Å². The lowest BCUT2D eigenvalue weighted by Crippen LogP contribution is -2.49. The molecule has 0 unspecified atom stereocenters. The number of Topliss-reactive ketones (excluding diaryl/α,β-unsaturated/α-hetero) is 2. The van der Waals surface area contributed by atoms with E-state index >= 15 is 0 Å². The topological polar surface area (TPSA) is 249 Å². The first-order chi connectivity index (χ1) is 22.3. The summed E-state index contributed by atoms with van der Waals surface area (Å²) in [5.41, 5.74) is -2.00. The second kappa shape index (κ2) is 23.2. The van der Waals surface area contributed by atoms with Crippen LogP contribution < -0.4 is 31.9 Å². The molecule has 0 aromatic heterocycles. The molecule has 0 aliphatic carbocycles. The Bertz CT molecular complexity index is 1050. The Kier molecular flexibility index (Phi) is 21.6. The molecule has 274 valence electrons. The van der Waals surface area contributed by atoms with Crippen LogP contribution in [0.4, 0.5) is 0 Å². The normalized spacial score (nSPS) is 12.6. The largest absolute Gasteiger partial charge is 0.383 e. The molecule has 2 atom stereocenters. The van der Waals surface area contributed by atoms with Crippen LogP contribution in [0.2, 0.25) is 0 Å². The van der Waals surface area contributed by atoms with Crippen LogP contribution in [0.25, 0.3) is 0 Å². The Morgan fingerprint density at radius 1 is 0.521 bits per heavy atom. The van der Waals surface area contributed by atoms with Gasteiger partial charge in [0.15, 0.2) is 0 Å². The monoisotopic (exact) mass is 720 g/mol. The van der Waals surface area contributed by atoms with E-state index in [2.05, 4.69) is 31.9 Å². The molecular weight excluding hydrogens is 668 g/mol. The molecule has 0 bridgehead atoms. The minimum absolute atomic E-state index is 0.00961. The summed E-state index contributed by atoms with van der Waals surface area (Å²) in [5.74, 6) is -2.29. The van der Waals surface area contributed by atoms with Crippen molar-refractivity contribution in [2.45, 2.75) is 79.4 Å². The average Bonchev–Trinajstić information content (AvgIpc) is 2.98. The van der Waals surface area contributed by atoms with Crippen molar-refractivity contribution in [3.05, 3.63) is 0 Å². The first-order valence-corrected chi connectivity index (χ1v) is 18.0. The molecule has 0 fully saturated rings. The zero-order chi connectivity index (χ0) is 36.9. The van der Waals surface area contributed by atoms with Gasteiger partial charge < -0.3 is 42.1 Å². The van der Waals surface area contributed by atoms with Crippen molar-refractivity contribution >= 4 is 68.6 Å². The Morgan fingerprint density at radius 3 is 1.17 bits per heavy atom. The number of ketones is 2. The smallest absolute Gasteiger partial charge is 0.249 e. The lowest BCUT2D eigenvalue weighted by Gasteiger charge is -2.29. The summed E-state index contributed by atoms with van der Waals surface area (Å²) in [4.78, 5) is 94.0. The SMILES string of the molecule is CC(=O)CC(=O)NCC(C)(C)[C@@H](O)C(=O)NCCC(=O)NCCSSCCNC(=O)CCNC(=O)[C@H](O)C(C)(C)CNC(=O)CC(C)=O. The number of aliphatic hydroxyl groups excluding tert-OH is 2. The van der Waals surface area contributed by atoms with E-state index in [9.17, 15) is 48.6 Å². The Balaban J connectivity index is 4.00. The summed E-state index contributed by atoms with van der Waals surface area (Å²) < 4.78 is 0. The highest BCUT2D eigenvalue weighted by Gasteiger charge is 2.35. The second-order valence-electron chi connectivity index (χ2n) is 12.5. The quantitative estimate of drug-likeness (QED) is 0.0308. The van der Waals surface area contributed by atoms with Crippen LogP contribution in [0.1, 0.15) is 67.2 Å². The number of hydrogen-bond acceptors (Lipinski definition) is 12. The summed E-state index contributed by atoms with van der Waals surface area (Å²) in [6.45, 7) is 9.71. The number of carbonyl (C=O) groups is 8. The van der Waals surface area contributed by atoms with Gasteiger partial charge in [0.05, 0.1) is 12.8 Å². The predicted octanol–water partition coefficient (Wildman–Crippen LogP) is -1.42. The number of rotatable bonds is 25. The molecule has 0 aromatic carbocycles. The first kappa shape index (κ1) is 44.8. The zero-order valence-electron chi connectivity index (χ0n) is 28.6. The van der Waals surface area contributed by atoms with Crippen LogP contribution in [0, 0.1) is 10.8 Å². The fourth-order valence-electron chi connectivity index (χ4n) is 3.68. The zero-order valence-corrected chi connectivity index (χ0v) is 30.2. The lowest BCUT2D eigenvalue weighted by molar-refractivity contribution is -0.137. The highest BCUT2D eigenvalue weighted by atomic mass is 33.1. The molecule has 0 aromatic rings. The molecule has 6 amide bonds. The van der Waals surface area contributed by atoms with Crippen LogP contribution in [0.5, 0.6) is 0 Å². The van der Waals surface area contributed by atoms with Crippen molar-refractivity contribution in [3.8, 4) is 0 Å². The van der Waals surface area contributed by atoms with Crippen molar-refractivity contribution in [1.82, 2.24) is 31.9 Å². The molecule has 0 aliphatic rings. The third-order valence-electron chi connectivity index (χ3n) is 6.68. The molecule has 0 saturated heterocycles. The van der Waals surface area contributed by atoms with E-state index < -0.39 is 46.7 Å². The van der Waals surface area contributed by atoms with E-state index in [4.69, 9.17) is 0 Å². The number of carbonyl (C=O) groups excluding carboxylic acids is 8. The van der Waals surface area contributed by atoms with Gasteiger partial charge in [0.25, 0.3) is 0 Å². The molecule has 16 nitrogen and oxygen atoms in total. The van der Waals surface area contributed by atoms with Gasteiger partial charge in [0, 0.05) is 74.4 Å². The minimum Gasteiger partial charge on any atom is -0.383 e. The lowest BCUT2D eigenvalue weighted by atomic mass is 9.85. The van der Waals surface area contributed by atoms with E-state index in [1.165, 1.54) is 35.4 Å². The van der Waals surface area contributed by atoms with Gasteiger partial charge in [-0.15, -0.1) is 0 Å². The van der Waals surface area contributed by atoms with Gasteiger partial charge >= 0.3 is 0 Å². The highest BCUT2D eigenvalue weighted by molar-refractivity contribution is 8.76. The number of hydrogen-bond donors (Lipinski definition) is 8. The molecule has 48 heavy (non-hydrogen) atoms. The van der Waals surface area contributed by atoms with E-state index in [1.54, 1.807) is 27.7 Å². The summed E-state index contributed by atoms with van der Waals surface area (Å²) in [6.07, 6.45) is -3.42. The fourth-order valence-corrected chi connectivity index (χ4v) is 5.50. The fraction of sp³-hybridized carbons (Fsp3) is 0.733. The number of amides is 6. The average molecular weight is 721 g/mol. The molecular formula is C30H52N6O10S2. The third-order valence-corrected chi connectivity index (χ3v) is 9.09. The molecule has 0 spiro atoms. The Labute approximate surface area is 289 Å². The third kappa shape index (κ3) is 20.9. The molecule has 0 radical (unpaired) electrons. The predicted molar refractivity (Wildman–Crippen MR) is 182 cm³/mol. The van der Waals surface area contributed by atoms with E-state index in [-0.39, 0.29) is 75.2 Å². The maximum Gasteiger partial charge on any atom is 0.249 e. The summed E-state index contributed by atoms with van der Waals surface area (Å²) >= 11 is 0. The van der Waals surface area contributed by atoms with Crippen LogP contribution in [-0.2, 0) is 38.4 Å². The van der Waals surface area contributed by atoms with Crippen LogP contribution in [-0.4, -0.2) is 120 Å². The van der Waals surface area contributed by atoms with Crippen molar-refractivity contribution in [1.29, 1.82) is 0 Å². The Hall–Kier alpha value is -3.22. The molecule has 8 N–H and O–H groups in total. The summed E-state index contributed by atoms with van der Waals surface area (Å²) in [7, 11) is 3.00. The van der Waals surface area contributed by atoms with Crippen molar-refractivity contribution in [2.75, 3.05) is 50.8 Å². The van der Waals surface area contributed by atoms with Gasteiger partial charge in [-0.25, -0.2) is 0 Å². The van der Waals surface area contributed by atoms with Crippen LogP contribution >= 0.6 is 21.6 Å². The van der Waals surface area contributed by atoms with Gasteiger partial charge in [0.2, 0.25) is 35.4 Å². The van der Waals surface area contributed by atoms with Gasteiger partial charge in [0.1, 0.15) is 23.8 Å². The highest BCUT2D eigenvalue weighted by Crippen LogP contribution is 2.21. The molecule has 0 heterocycles. The first-order valence-electron chi connectivity index (χ1n) is 15.5. The summed E-state index contributed by atoms with van der Waals surface area (Å²) in [5, 5.41) is 36.2. The van der Waals surface area contributed by atoms with Crippen molar-refractivity contribution < 1.29 is 48.6 Å². The van der Waals surface area contributed by atoms with Crippen LogP contribution in [0.3, 0.4) is 0 Å². The number of nitrogens with one attached hydrogen (secondary N) is 6. The van der Waals surface area contributed by atoms with Gasteiger partial charge in [-0.05, 0) is 13.8 Å². The molecule has 0 rings (SSSR count). The molecule has 0 saturated carbocycles. The maximum atomic E-state index is 12.3. The number of aliphatic hydroxyl groups is 2. The minimum atomic E-state index is -1.44. The molecule has 0 aliphatic heterocycles. The standard InChI is InChI=1S/C30H52N6O10S2/c1-19(37)15-23(41)35-17-29(3,4)25(43)27(45)33-9-7-21(39)31-11-13-47-48-14-12-32-22(40)8-10-34-28(46)26(44)30(5,6)18-36-24(42)16-20(2)38/h25-26,43-44H,7-18H2,1-6H3,(H,31,39)(H,32,40)(H,33,45)(H,34,46)(H,35,41)(H,36,42)/t25-,26-/m0/s1. The summed E-state index contributed by atoms with van der Waals surface area (Å²) in [6, 6.07) is 0. The maximum absolute atomic E-state index is 12.3. The van der Waals surface area contributed by atoms with E-state index in [1.807, 2.05) is 0 Å². The van der Waals surface area contributed by atoms with Crippen molar-refractivity contribution in [3.63, 3.8) is 0 Å². The van der Waals surface area contributed by atoms with Gasteiger partial charge in [-0.2, -0.15) is 0 Å². The van der Waals surface area contributed by atoms with Gasteiger partial charge in [-0.1, -0.05) is 49.3 Å². The van der Waals surface area contributed by atoms with E-state index in [0.29, 0.717) is 24.6 Å². The molecule has 18 heteroatoms. The van der Waals surface area contributed by atoms with Crippen molar-refractivity contribution in [2.24, 2.45) is 10.8 Å². The van der Waals surface area contributed by atoms with Gasteiger partial charge in [-0.3, -0.25) is 38.4 Å². The second-order valence-corrected chi connectivity index (χ2v) is 15.2. The Morgan fingerprint density at radius 2 is 0.854 bits per heavy atom.